The van der Waals surface area contributed by atoms with Crippen molar-refractivity contribution in [3.05, 3.63) is 46.5 Å². The van der Waals surface area contributed by atoms with E-state index >= 15 is 0 Å². The second-order valence-electron chi connectivity index (χ2n) is 6.17. The van der Waals surface area contributed by atoms with Crippen LogP contribution in [0.2, 0.25) is 0 Å². The highest BCUT2D eigenvalue weighted by Crippen LogP contribution is 2.26. The van der Waals surface area contributed by atoms with Crippen molar-refractivity contribution < 1.29 is 9.53 Å². The lowest BCUT2D eigenvalue weighted by atomic mass is 10.1. The van der Waals surface area contributed by atoms with Crippen LogP contribution in [0.4, 0.5) is 0 Å². The minimum absolute atomic E-state index is 0.0745. The highest BCUT2D eigenvalue weighted by molar-refractivity contribution is 7.08. The van der Waals surface area contributed by atoms with E-state index in [1.165, 1.54) is 0 Å². The first-order valence-corrected chi connectivity index (χ1v) is 9.09. The van der Waals surface area contributed by atoms with Gasteiger partial charge >= 0.3 is 0 Å². The Balaban J connectivity index is 1.44. The molecule has 0 bridgehead atoms. The van der Waals surface area contributed by atoms with Crippen LogP contribution in [0.25, 0.3) is 11.3 Å². The molecule has 0 saturated carbocycles. The van der Waals surface area contributed by atoms with E-state index in [4.69, 9.17) is 4.74 Å². The number of carbonyl (C=O) groups excluding carboxylic acids is 1. The van der Waals surface area contributed by atoms with Crippen molar-refractivity contribution in [2.75, 3.05) is 13.2 Å². The molecule has 0 saturated heterocycles. The van der Waals surface area contributed by atoms with Crippen LogP contribution in [0.15, 0.2) is 35.2 Å². The molecule has 3 aromatic rings. The first-order chi connectivity index (χ1) is 12.2. The highest BCUT2D eigenvalue weighted by Gasteiger charge is 2.23. The third-order valence-corrected chi connectivity index (χ3v) is 5.07. The van der Waals surface area contributed by atoms with Crippen molar-refractivity contribution in [1.82, 2.24) is 24.9 Å². The highest BCUT2D eigenvalue weighted by atomic mass is 32.1. The summed E-state index contributed by atoms with van der Waals surface area (Å²) in [5.74, 6) is 0.0806. The lowest BCUT2D eigenvalue weighted by Crippen LogP contribution is -2.33. The predicted molar refractivity (Wildman–Crippen MR) is 94.2 cm³/mol. The minimum atomic E-state index is -0.0745. The Bertz CT molecular complexity index is 868. The van der Waals surface area contributed by atoms with E-state index in [2.05, 4.69) is 21.0 Å². The molecule has 7 nitrogen and oxygen atoms in total. The number of amides is 1. The summed E-state index contributed by atoms with van der Waals surface area (Å²) in [7, 11) is 1.86. The number of thiophene rings is 1. The quantitative estimate of drug-likeness (QED) is 0.774. The van der Waals surface area contributed by atoms with Gasteiger partial charge in [0, 0.05) is 43.2 Å². The molecule has 25 heavy (non-hydrogen) atoms. The van der Waals surface area contributed by atoms with Gasteiger partial charge < -0.3 is 14.6 Å². The summed E-state index contributed by atoms with van der Waals surface area (Å²) in [5.41, 5.74) is 3.60. The SMILES string of the molecule is Cn1cccc1C(=O)NCC1COCc2c(-c3ccsc3)nnn2C1. The van der Waals surface area contributed by atoms with Crippen molar-refractivity contribution in [2.45, 2.75) is 13.2 Å². The van der Waals surface area contributed by atoms with Crippen LogP contribution in [0.5, 0.6) is 0 Å². The van der Waals surface area contributed by atoms with Crippen LogP contribution in [-0.4, -0.2) is 38.6 Å². The van der Waals surface area contributed by atoms with Gasteiger partial charge in [-0.15, -0.1) is 5.10 Å². The number of aromatic nitrogens is 4. The van der Waals surface area contributed by atoms with E-state index in [1.807, 2.05) is 46.1 Å². The van der Waals surface area contributed by atoms with Crippen molar-refractivity contribution in [3.63, 3.8) is 0 Å². The van der Waals surface area contributed by atoms with Crippen molar-refractivity contribution in [2.24, 2.45) is 13.0 Å². The molecule has 1 aliphatic rings. The average Bonchev–Trinajstić information content (AvgIpc) is 3.32. The molecule has 1 N–H and O–H groups in total. The van der Waals surface area contributed by atoms with Crippen molar-refractivity contribution in [1.29, 1.82) is 0 Å². The van der Waals surface area contributed by atoms with Gasteiger partial charge in [-0.05, 0) is 23.6 Å². The third-order valence-electron chi connectivity index (χ3n) is 4.38. The fourth-order valence-corrected chi connectivity index (χ4v) is 3.65. The molecule has 1 amide bonds. The molecule has 0 aromatic carbocycles. The van der Waals surface area contributed by atoms with Crippen LogP contribution in [0, 0.1) is 5.92 Å². The van der Waals surface area contributed by atoms with Gasteiger partial charge in [-0.3, -0.25) is 4.79 Å². The summed E-state index contributed by atoms with van der Waals surface area (Å²) in [6.07, 6.45) is 1.86. The zero-order chi connectivity index (χ0) is 17.2. The van der Waals surface area contributed by atoms with Gasteiger partial charge in [0.25, 0.3) is 5.91 Å². The molecule has 4 rings (SSSR count). The van der Waals surface area contributed by atoms with Crippen molar-refractivity contribution in [3.8, 4) is 11.3 Å². The number of hydrogen-bond donors (Lipinski definition) is 1. The number of fused-ring (bicyclic) bond motifs is 1. The van der Waals surface area contributed by atoms with E-state index in [0.717, 1.165) is 17.0 Å². The fraction of sp³-hybridized carbons (Fsp3) is 0.353. The van der Waals surface area contributed by atoms with E-state index in [1.54, 1.807) is 11.3 Å². The van der Waals surface area contributed by atoms with Gasteiger partial charge in [-0.2, -0.15) is 11.3 Å². The number of nitrogens with zero attached hydrogens (tertiary/aromatic N) is 4. The number of rotatable bonds is 4. The number of nitrogens with one attached hydrogen (secondary N) is 1. The van der Waals surface area contributed by atoms with Crippen LogP contribution < -0.4 is 5.32 Å². The molecule has 1 aliphatic heterocycles. The van der Waals surface area contributed by atoms with Crippen LogP contribution >= 0.6 is 11.3 Å². The fourth-order valence-electron chi connectivity index (χ4n) is 3.01. The zero-order valence-corrected chi connectivity index (χ0v) is 14.7. The smallest absolute Gasteiger partial charge is 0.267 e. The summed E-state index contributed by atoms with van der Waals surface area (Å²) in [5, 5.41) is 15.7. The van der Waals surface area contributed by atoms with Gasteiger partial charge in [-0.25, -0.2) is 4.68 Å². The Morgan fingerprint density at radius 2 is 2.40 bits per heavy atom. The summed E-state index contributed by atoms with van der Waals surface area (Å²) in [6, 6.07) is 5.71. The van der Waals surface area contributed by atoms with Gasteiger partial charge in [0.2, 0.25) is 0 Å². The molecule has 4 heterocycles. The van der Waals surface area contributed by atoms with Crippen LogP contribution in [-0.2, 0) is 24.9 Å². The molecule has 0 spiro atoms. The molecule has 0 fully saturated rings. The standard InChI is InChI=1S/C17H19N5O2S/c1-21-5-2-3-14(21)17(23)18-7-12-8-22-15(10-24-9-12)16(19-20-22)13-4-6-25-11-13/h2-6,11-12H,7-10H2,1H3,(H,18,23). The van der Waals surface area contributed by atoms with Crippen molar-refractivity contribution >= 4 is 17.2 Å². The first-order valence-electron chi connectivity index (χ1n) is 8.14. The summed E-state index contributed by atoms with van der Waals surface area (Å²) in [4.78, 5) is 12.3. The second-order valence-corrected chi connectivity index (χ2v) is 6.95. The van der Waals surface area contributed by atoms with Gasteiger partial charge in [0.05, 0.1) is 18.9 Å². The number of carbonyl (C=O) groups is 1. The molecular formula is C17H19N5O2S. The number of ether oxygens (including phenoxy) is 1. The topological polar surface area (TPSA) is 74.0 Å². The maximum absolute atomic E-state index is 12.3. The normalized spacial score (nSPS) is 17.1. The lowest BCUT2D eigenvalue weighted by Gasteiger charge is -2.15. The van der Waals surface area contributed by atoms with Crippen LogP contribution in [0.3, 0.4) is 0 Å². The maximum Gasteiger partial charge on any atom is 0.267 e. The average molecular weight is 357 g/mol. The van der Waals surface area contributed by atoms with E-state index in [9.17, 15) is 4.79 Å². The molecule has 0 radical (unpaired) electrons. The van der Waals surface area contributed by atoms with Gasteiger partial charge in [0.1, 0.15) is 11.4 Å². The minimum Gasteiger partial charge on any atom is -0.375 e. The Morgan fingerprint density at radius 3 is 3.16 bits per heavy atom. The third kappa shape index (κ3) is 3.22. The lowest BCUT2D eigenvalue weighted by molar-refractivity contribution is 0.0847. The van der Waals surface area contributed by atoms with Gasteiger partial charge in [-0.1, -0.05) is 5.21 Å². The Labute approximate surface area is 149 Å². The molecule has 130 valence electrons. The summed E-state index contributed by atoms with van der Waals surface area (Å²) < 4.78 is 9.53. The predicted octanol–water partition coefficient (Wildman–Crippen LogP) is 1.92. The van der Waals surface area contributed by atoms with Gasteiger partial charge in [0.15, 0.2) is 0 Å². The second kappa shape index (κ2) is 6.81. The van der Waals surface area contributed by atoms with E-state index in [-0.39, 0.29) is 11.8 Å². The molecule has 1 unspecified atom stereocenters. The molecular weight excluding hydrogens is 338 g/mol. The Hall–Kier alpha value is -2.45. The molecule has 0 aliphatic carbocycles. The summed E-state index contributed by atoms with van der Waals surface area (Å²) in [6.45, 7) is 2.29. The molecule has 8 heteroatoms. The first kappa shape index (κ1) is 16.0. The largest absolute Gasteiger partial charge is 0.375 e. The van der Waals surface area contributed by atoms with Crippen LogP contribution in [0.1, 0.15) is 16.2 Å². The number of hydrogen-bond acceptors (Lipinski definition) is 5. The van der Waals surface area contributed by atoms with E-state index in [0.29, 0.717) is 32.0 Å². The molecule has 3 aromatic heterocycles. The Morgan fingerprint density at radius 1 is 1.48 bits per heavy atom. The van der Waals surface area contributed by atoms with E-state index < -0.39 is 0 Å². The zero-order valence-electron chi connectivity index (χ0n) is 13.9. The summed E-state index contributed by atoms with van der Waals surface area (Å²) >= 11 is 1.64. The Kier molecular flexibility index (Phi) is 4.37. The monoisotopic (exact) mass is 357 g/mol. The molecule has 1 atom stereocenters. The maximum atomic E-state index is 12.3. The number of aryl methyl sites for hydroxylation is 1.